The number of nitrogens with zero attached hydrogens (tertiary/aromatic N) is 2. The van der Waals surface area contributed by atoms with Crippen molar-refractivity contribution in [1.82, 2.24) is 4.31 Å². The van der Waals surface area contributed by atoms with Gasteiger partial charge in [-0.05, 0) is 57.5 Å². The lowest BCUT2D eigenvalue weighted by molar-refractivity contribution is -0.114. The minimum atomic E-state index is -3.60. The predicted molar refractivity (Wildman–Crippen MR) is 133 cm³/mol. The van der Waals surface area contributed by atoms with Gasteiger partial charge < -0.3 is 15.5 Å². The number of rotatable bonds is 11. The number of carbonyl (C=O) groups excluding carboxylic acids is 1. The Bertz CT molecular complexity index is 1030. The second-order valence-corrected chi connectivity index (χ2v) is 9.60. The van der Waals surface area contributed by atoms with Crippen LogP contribution in [0.4, 0.5) is 17.1 Å². The molecule has 0 atom stereocenters. The van der Waals surface area contributed by atoms with Crippen molar-refractivity contribution in [2.75, 3.05) is 48.3 Å². The van der Waals surface area contributed by atoms with Gasteiger partial charge in [0.15, 0.2) is 0 Å². The molecule has 1 amide bonds. The van der Waals surface area contributed by atoms with Crippen molar-refractivity contribution in [2.24, 2.45) is 0 Å². The van der Waals surface area contributed by atoms with E-state index in [0.717, 1.165) is 35.6 Å². The first-order valence-electron chi connectivity index (χ1n) is 11.2. The van der Waals surface area contributed by atoms with Gasteiger partial charge in [0.2, 0.25) is 15.9 Å². The molecule has 0 fully saturated rings. The maximum atomic E-state index is 13.0. The zero-order chi connectivity index (χ0) is 23.9. The number of hydrogen-bond acceptors (Lipinski definition) is 5. The topological polar surface area (TPSA) is 81.8 Å². The van der Waals surface area contributed by atoms with E-state index >= 15 is 0 Å². The van der Waals surface area contributed by atoms with Crippen LogP contribution in [0.5, 0.6) is 0 Å². The smallest absolute Gasteiger partial charge is 0.243 e. The summed E-state index contributed by atoms with van der Waals surface area (Å²) in [5, 5.41) is 6.09. The van der Waals surface area contributed by atoms with Crippen LogP contribution in [0.3, 0.4) is 0 Å². The van der Waals surface area contributed by atoms with Crippen molar-refractivity contribution in [3.8, 4) is 0 Å². The largest absolute Gasteiger partial charge is 0.374 e. The lowest BCUT2D eigenvalue weighted by Gasteiger charge is -2.26. The van der Waals surface area contributed by atoms with E-state index in [0.29, 0.717) is 18.8 Å². The van der Waals surface area contributed by atoms with E-state index in [-0.39, 0.29) is 17.3 Å². The van der Waals surface area contributed by atoms with Crippen LogP contribution in [0, 0.1) is 13.8 Å². The number of anilines is 3. The first-order chi connectivity index (χ1) is 15.2. The molecule has 32 heavy (non-hydrogen) atoms. The van der Waals surface area contributed by atoms with Crippen LogP contribution in [-0.4, -0.2) is 51.4 Å². The molecule has 0 spiro atoms. The molecule has 2 aromatic rings. The van der Waals surface area contributed by atoms with Gasteiger partial charge in [0.25, 0.3) is 0 Å². The molecule has 7 nitrogen and oxygen atoms in total. The lowest BCUT2D eigenvalue weighted by Crippen LogP contribution is -2.31. The van der Waals surface area contributed by atoms with Crippen LogP contribution in [0.15, 0.2) is 41.3 Å². The van der Waals surface area contributed by atoms with Gasteiger partial charge in [0.05, 0.1) is 22.8 Å². The third-order valence-corrected chi connectivity index (χ3v) is 7.56. The SMILES string of the molecule is CCN(CC)c1ccc(S(=O)(=O)N(CC)CC)cc1NCC(=O)Nc1ccc(C)cc1C. The Labute approximate surface area is 192 Å². The Morgan fingerprint density at radius 3 is 2.09 bits per heavy atom. The fourth-order valence-corrected chi connectivity index (χ4v) is 5.18. The fraction of sp³-hybridized carbons (Fsp3) is 0.458. The first-order valence-corrected chi connectivity index (χ1v) is 12.6. The van der Waals surface area contributed by atoms with Gasteiger partial charge in [0.1, 0.15) is 0 Å². The molecule has 0 saturated heterocycles. The molecule has 2 rings (SSSR count). The number of benzene rings is 2. The van der Waals surface area contributed by atoms with E-state index in [4.69, 9.17) is 0 Å². The highest BCUT2D eigenvalue weighted by atomic mass is 32.2. The van der Waals surface area contributed by atoms with Crippen molar-refractivity contribution in [3.05, 3.63) is 47.5 Å². The van der Waals surface area contributed by atoms with E-state index < -0.39 is 10.0 Å². The maximum absolute atomic E-state index is 13.0. The molecule has 0 unspecified atom stereocenters. The monoisotopic (exact) mass is 460 g/mol. The van der Waals surface area contributed by atoms with Crippen molar-refractivity contribution in [3.63, 3.8) is 0 Å². The summed E-state index contributed by atoms with van der Waals surface area (Å²) in [6, 6.07) is 10.9. The molecule has 0 aliphatic heterocycles. The van der Waals surface area contributed by atoms with Crippen molar-refractivity contribution >= 4 is 33.0 Å². The summed E-state index contributed by atoms with van der Waals surface area (Å²) < 4.78 is 27.5. The van der Waals surface area contributed by atoms with Crippen LogP contribution < -0.4 is 15.5 Å². The summed E-state index contributed by atoms with van der Waals surface area (Å²) >= 11 is 0. The highest BCUT2D eigenvalue weighted by molar-refractivity contribution is 7.89. The molecular formula is C24H36N4O3S. The van der Waals surface area contributed by atoms with Crippen LogP contribution in [0.25, 0.3) is 0 Å². The number of carbonyl (C=O) groups is 1. The molecule has 2 aromatic carbocycles. The highest BCUT2D eigenvalue weighted by Crippen LogP contribution is 2.30. The summed E-state index contributed by atoms with van der Waals surface area (Å²) in [5.41, 5.74) is 4.39. The van der Waals surface area contributed by atoms with E-state index in [1.54, 1.807) is 12.1 Å². The van der Waals surface area contributed by atoms with Gasteiger partial charge in [-0.1, -0.05) is 31.5 Å². The Morgan fingerprint density at radius 2 is 1.53 bits per heavy atom. The Balaban J connectivity index is 2.31. The van der Waals surface area contributed by atoms with Crippen LogP contribution in [0.1, 0.15) is 38.8 Å². The van der Waals surface area contributed by atoms with Crippen LogP contribution in [-0.2, 0) is 14.8 Å². The van der Waals surface area contributed by atoms with Crippen molar-refractivity contribution < 1.29 is 13.2 Å². The number of sulfonamides is 1. The lowest BCUT2D eigenvalue weighted by atomic mass is 10.1. The Morgan fingerprint density at radius 1 is 0.875 bits per heavy atom. The average molecular weight is 461 g/mol. The summed E-state index contributed by atoms with van der Waals surface area (Å²) in [6.45, 7) is 14.0. The van der Waals surface area contributed by atoms with Gasteiger partial charge >= 0.3 is 0 Å². The zero-order valence-corrected chi connectivity index (χ0v) is 20.8. The maximum Gasteiger partial charge on any atom is 0.243 e. The van der Waals surface area contributed by atoms with Gasteiger partial charge in [-0.15, -0.1) is 0 Å². The number of aryl methyl sites for hydroxylation is 2. The third-order valence-electron chi connectivity index (χ3n) is 5.51. The van der Waals surface area contributed by atoms with E-state index in [9.17, 15) is 13.2 Å². The van der Waals surface area contributed by atoms with Crippen LogP contribution in [0.2, 0.25) is 0 Å². The molecule has 0 saturated carbocycles. The minimum Gasteiger partial charge on any atom is -0.374 e. The summed E-state index contributed by atoms with van der Waals surface area (Å²) in [5.74, 6) is -0.195. The molecule has 8 heteroatoms. The number of amides is 1. The molecule has 0 radical (unpaired) electrons. The van der Waals surface area contributed by atoms with Crippen LogP contribution >= 0.6 is 0 Å². The first kappa shape index (κ1) is 25.7. The van der Waals surface area contributed by atoms with Gasteiger partial charge in [-0.25, -0.2) is 8.42 Å². The standard InChI is InChI=1S/C24H36N4O3S/c1-7-27(8-2)23-14-12-20(32(30,31)28(9-3)10-4)16-22(23)25-17-24(29)26-21-13-11-18(5)15-19(21)6/h11-16,25H,7-10,17H2,1-6H3,(H,26,29). The summed E-state index contributed by atoms with van der Waals surface area (Å²) in [4.78, 5) is 15.0. The van der Waals surface area contributed by atoms with E-state index in [1.165, 1.54) is 4.31 Å². The van der Waals surface area contributed by atoms with Gasteiger partial charge in [-0.2, -0.15) is 4.31 Å². The van der Waals surface area contributed by atoms with E-state index in [2.05, 4.69) is 15.5 Å². The Hall–Kier alpha value is -2.58. The van der Waals surface area contributed by atoms with Gasteiger partial charge in [0, 0.05) is 31.9 Å². The average Bonchev–Trinajstić information content (AvgIpc) is 2.76. The van der Waals surface area contributed by atoms with Gasteiger partial charge in [-0.3, -0.25) is 4.79 Å². The molecule has 0 bridgehead atoms. The molecule has 0 aromatic heterocycles. The van der Waals surface area contributed by atoms with Crippen molar-refractivity contribution in [1.29, 1.82) is 0 Å². The molecule has 0 heterocycles. The highest BCUT2D eigenvalue weighted by Gasteiger charge is 2.23. The quantitative estimate of drug-likeness (QED) is 0.524. The molecule has 2 N–H and O–H groups in total. The fourth-order valence-electron chi connectivity index (χ4n) is 3.69. The predicted octanol–water partition coefficient (Wildman–Crippen LogP) is 4.23. The summed E-state index contributed by atoms with van der Waals surface area (Å²) in [7, 11) is -3.60. The molecule has 0 aliphatic carbocycles. The summed E-state index contributed by atoms with van der Waals surface area (Å²) in [6.07, 6.45) is 0. The number of nitrogens with one attached hydrogen (secondary N) is 2. The number of hydrogen-bond donors (Lipinski definition) is 2. The van der Waals surface area contributed by atoms with Crippen molar-refractivity contribution in [2.45, 2.75) is 46.4 Å². The molecule has 0 aliphatic rings. The molecule has 176 valence electrons. The van der Waals surface area contributed by atoms with E-state index in [1.807, 2.05) is 65.8 Å². The third kappa shape index (κ3) is 6.01. The minimum absolute atomic E-state index is 0.0242. The molecular weight excluding hydrogens is 424 g/mol. The normalized spacial score (nSPS) is 11.5. The second-order valence-electron chi connectivity index (χ2n) is 7.66. The second kappa shape index (κ2) is 11.3. The zero-order valence-electron chi connectivity index (χ0n) is 20.0. The Kier molecular flexibility index (Phi) is 9.09.